The van der Waals surface area contributed by atoms with Crippen molar-refractivity contribution in [1.29, 1.82) is 10.5 Å². The van der Waals surface area contributed by atoms with Crippen molar-refractivity contribution < 1.29 is 4.74 Å². The van der Waals surface area contributed by atoms with Crippen LogP contribution in [0.4, 0.5) is 11.4 Å². The Kier molecular flexibility index (Phi) is 6.23. The molecule has 6 heteroatoms. The summed E-state index contributed by atoms with van der Waals surface area (Å²) in [6.45, 7) is 17.7. The van der Waals surface area contributed by atoms with Gasteiger partial charge in [0, 0.05) is 11.4 Å². The van der Waals surface area contributed by atoms with Crippen molar-refractivity contribution in [1.82, 2.24) is 0 Å². The summed E-state index contributed by atoms with van der Waals surface area (Å²) in [5.74, 6) is 1.59. The summed E-state index contributed by atoms with van der Waals surface area (Å²) < 4.78 is 6.41. The largest absolute Gasteiger partial charge is 0.458 e. The second-order valence-electron chi connectivity index (χ2n) is 14.1. The number of benzene rings is 4. The molecule has 0 unspecified atom stereocenters. The molecular formula is C36H36BN3OSi. The van der Waals surface area contributed by atoms with Crippen LogP contribution in [0.15, 0.2) is 72.8 Å². The van der Waals surface area contributed by atoms with Gasteiger partial charge in [0.05, 0.1) is 11.1 Å². The maximum absolute atomic E-state index is 10.7. The number of hydrogen-bond acceptors (Lipinski definition) is 4. The fourth-order valence-electron chi connectivity index (χ4n) is 6.46. The van der Waals surface area contributed by atoms with Gasteiger partial charge in [-0.15, -0.1) is 0 Å². The van der Waals surface area contributed by atoms with Gasteiger partial charge in [0.1, 0.15) is 31.7 Å². The Morgan fingerprint density at radius 3 is 1.45 bits per heavy atom. The number of anilines is 2. The third kappa shape index (κ3) is 4.17. The minimum atomic E-state index is -2.41. The van der Waals surface area contributed by atoms with E-state index in [1.54, 1.807) is 0 Å². The van der Waals surface area contributed by atoms with Gasteiger partial charge in [0.15, 0.2) is 0 Å². The van der Waals surface area contributed by atoms with Gasteiger partial charge in [0.25, 0.3) is 0 Å². The molecule has 2 heterocycles. The van der Waals surface area contributed by atoms with Crippen LogP contribution >= 0.6 is 0 Å². The van der Waals surface area contributed by atoms with E-state index in [1.165, 1.54) is 10.4 Å². The van der Waals surface area contributed by atoms with Crippen LogP contribution in [0.2, 0.25) is 13.1 Å². The second-order valence-corrected chi connectivity index (χ2v) is 18.5. The van der Waals surface area contributed by atoms with Crippen molar-refractivity contribution in [2.45, 2.75) is 65.5 Å². The zero-order chi connectivity index (χ0) is 30.2. The average Bonchev–Trinajstić information content (AvgIpc) is 2.94. The molecule has 0 radical (unpaired) electrons. The van der Waals surface area contributed by atoms with Crippen LogP contribution in [0.5, 0.6) is 11.5 Å². The van der Waals surface area contributed by atoms with Crippen LogP contribution in [0, 0.1) is 22.7 Å². The highest BCUT2D eigenvalue weighted by molar-refractivity contribution is 7.04. The summed E-state index contributed by atoms with van der Waals surface area (Å²) in [4.78, 5) is 2.30. The number of para-hydroxylation sites is 2. The Morgan fingerprint density at radius 1 is 0.667 bits per heavy atom. The molecule has 4 nitrogen and oxygen atoms in total. The van der Waals surface area contributed by atoms with Crippen LogP contribution < -0.4 is 30.8 Å². The topological polar surface area (TPSA) is 60.0 Å². The normalized spacial score (nSPS) is 14.9. The number of hydrogen-bond donors (Lipinski definition) is 0. The average molecular weight is 566 g/mol. The van der Waals surface area contributed by atoms with Crippen LogP contribution in [-0.4, -0.2) is 14.9 Å². The lowest BCUT2D eigenvalue weighted by molar-refractivity contribution is 0.487. The van der Waals surface area contributed by atoms with Crippen molar-refractivity contribution >= 4 is 47.6 Å². The highest BCUT2D eigenvalue weighted by atomic mass is 28.3. The summed E-state index contributed by atoms with van der Waals surface area (Å²) in [6, 6.07) is 30.3. The van der Waals surface area contributed by atoms with Crippen molar-refractivity contribution in [3.05, 3.63) is 95.1 Å². The van der Waals surface area contributed by atoms with E-state index in [2.05, 4.69) is 108 Å². The van der Waals surface area contributed by atoms with E-state index in [1.807, 2.05) is 36.4 Å². The number of nitrogens with zero attached hydrogens (tertiary/aromatic N) is 3. The van der Waals surface area contributed by atoms with E-state index in [4.69, 9.17) is 4.74 Å². The van der Waals surface area contributed by atoms with Gasteiger partial charge in [0.2, 0.25) is 0 Å². The molecule has 0 saturated heterocycles. The number of nitriles is 2. The molecule has 0 amide bonds. The minimum Gasteiger partial charge on any atom is -0.458 e. The highest BCUT2D eigenvalue weighted by Gasteiger charge is 2.48. The van der Waals surface area contributed by atoms with E-state index in [0.29, 0.717) is 11.1 Å². The summed E-state index contributed by atoms with van der Waals surface area (Å²) >= 11 is 0. The van der Waals surface area contributed by atoms with Gasteiger partial charge >= 0.3 is 6.85 Å². The minimum absolute atomic E-state index is 0.126. The molecule has 0 bridgehead atoms. The monoisotopic (exact) mass is 565 g/mol. The van der Waals surface area contributed by atoms with Crippen LogP contribution in [-0.2, 0) is 10.8 Å². The van der Waals surface area contributed by atoms with Gasteiger partial charge in [-0.05, 0) is 67.5 Å². The molecule has 0 fully saturated rings. The molecule has 42 heavy (non-hydrogen) atoms. The Balaban J connectivity index is 1.80. The molecule has 2 aliphatic rings. The van der Waals surface area contributed by atoms with Gasteiger partial charge in [-0.2, -0.15) is 10.5 Å². The fourth-order valence-corrected chi connectivity index (χ4v) is 9.47. The van der Waals surface area contributed by atoms with Gasteiger partial charge in [-0.25, -0.2) is 0 Å². The van der Waals surface area contributed by atoms with Gasteiger partial charge < -0.3 is 9.55 Å². The molecule has 0 saturated carbocycles. The highest BCUT2D eigenvalue weighted by Crippen LogP contribution is 2.42. The standard InChI is InChI=1S/C36H36BN3OSi/c1-35(2,3)25-17-23(21-38)33-31(19-25)42(7,8)32-20-26(36(4,5)6)18-24(22-39)34(32)40(33)37-27-13-9-11-15-29(27)41-30-16-12-10-14-28(30)37/h9-20H,1-8H3. The summed E-state index contributed by atoms with van der Waals surface area (Å²) in [5.41, 5.74) is 7.23. The molecule has 0 spiro atoms. The van der Waals surface area contributed by atoms with E-state index in [0.717, 1.165) is 44.9 Å². The van der Waals surface area contributed by atoms with E-state index in [-0.39, 0.29) is 17.7 Å². The Morgan fingerprint density at radius 2 is 1.07 bits per heavy atom. The smallest absolute Gasteiger partial charge is 0.335 e. The van der Waals surface area contributed by atoms with Crippen molar-refractivity contribution in [2.75, 3.05) is 4.81 Å². The Hall–Kier alpha value is -4.26. The molecule has 208 valence electrons. The number of rotatable bonds is 1. The Labute approximate surface area is 251 Å². The molecular weight excluding hydrogens is 529 g/mol. The predicted octanol–water partition coefficient (Wildman–Crippen LogP) is 6.21. The van der Waals surface area contributed by atoms with E-state index in [9.17, 15) is 10.5 Å². The zero-order valence-corrected chi connectivity index (χ0v) is 26.8. The SMILES string of the molecule is CC(C)(C)c1cc(C#N)c2c(c1)[Si](C)(C)c1cc(C(C)(C)C)cc(C#N)c1N2B1c2ccccc2Oc2ccccc21. The van der Waals surface area contributed by atoms with E-state index < -0.39 is 8.07 Å². The second kappa shape index (κ2) is 9.38. The fraction of sp³-hybridized carbons (Fsp3) is 0.278. The summed E-state index contributed by atoms with van der Waals surface area (Å²) in [6.07, 6.45) is 0. The van der Waals surface area contributed by atoms with Crippen molar-refractivity contribution in [3.63, 3.8) is 0 Å². The third-order valence-electron chi connectivity index (χ3n) is 8.93. The molecule has 4 aromatic rings. The quantitative estimate of drug-likeness (QED) is 0.258. The lowest BCUT2D eigenvalue weighted by Crippen LogP contribution is -2.67. The zero-order valence-electron chi connectivity index (χ0n) is 25.8. The van der Waals surface area contributed by atoms with Crippen molar-refractivity contribution in [3.8, 4) is 23.6 Å². The maximum atomic E-state index is 10.7. The first-order chi connectivity index (χ1) is 19.8. The Bertz CT molecular complexity index is 1720. The first-order valence-electron chi connectivity index (χ1n) is 14.6. The lowest BCUT2D eigenvalue weighted by atomic mass is 9.47. The van der Waals surface area contributed by atoms with Crippen LogP contribution in [0.1, 0.15) is 63.8 Å². The lowest BCUT2D eigenvalue weighted by Gasteiger charge is -2.47. The third-order valence-corrected chi connectivity index (χ3v) is 12.4. The maximum Gasteiger partial charge on any atom is 0.335 e. The summed E-state index contributed by atoms with van der Waals surface area (Å²) in [5, 5.41) is 23.9. The van der Waals surface area contributed by atoms with Gasteiger partial charge in [-0.3, -0.25) is 0 Å². The summed E-state index contributed by atoms with van der Waals surface area (Å²) in [7, 11) is -2.41. The first kappa shape index (κ1) is 27.9. The van der Waals surface area contributed by atoms with Gasteiger partial charge in [-0.1, -0.05) is 103 Å². The van der Waals surface area contributed by atoms with Crippen LogP contribution in [0.3, 0.4) is 0 Å². The molecule has 0 aliphatic carbocycles. The number of ether oxygens (including phenoxy) is 1. The molecule has 6 rings (SSSR count). The molecule has 0 N–H and O–H groups in total. The van der Waals surface area contributed by atoms with E-state index >= 15 is 0 Å². The molecule has 0 atom stereocenters. The predicted molar refractivity (Wildman–Crippen MR) is 177 cm³/mol. The molecule has 0 aromatic heterocycles. The van der Waals surface area contributed by atoms with Crippen molar-refractivity contribution in [2.24, 2.45) is 0 Å². The van der Waals surface area contributed by atoms with Crippen LogP contribution in [0.25, 0.3) is 0 Å². The number of fused-ring (bicyclic) bond motifs is 4. The molecule has 4 aromatic carbocycles. The molecule has 2 aliphatic heterocycles. The first-order valence-corrected chi connectivity index (χ1v) is 17.6.